The molecule has 4 heteroatoms. The second-order valence-electron chi connectivity index (χ2n) is 5.08. The molecule has 0 aliphatic rings. The molecule has 0 saturated carbocycles. The number of aromatic nitrogens is 1. The van der Waals surface area contributed by atoms with Crippen LogP contribution in [0.15, 0.2) is 42.6 Å². The molecule has 0 saturated heterocycles. The van der Waals surface area contributed by atoms with E-state index in [0.29, 0.717) is 19.0 Å². The van der Waals surface area contributed by atoms with Gasteiger partial charge >= 0.3 is 0 Å². The average molecular weight is 286 g/mol. The Morgan fingerprint density at radius 2 is 1.95 bits per heavy atom. The van der Waals surface area contributed by atoms with Crippen LogP contribution in [0.2, 0.25) is 0 Å². The quantitative estimate of drug-likeness (QED) is 0.850. The van der Waals surface area contributed by atoms with Crippen molar-refractivity contribution in [2.45, 2.75) is 26.4 Å². The van der Waals surface area contributed by atoms with Crippen molar-refractivity contribution in [2.24, 2.45) is 0 Å². The van der Waals surface area contributed by atoms with Gasteiger partial charge in [-0.1, -0.05) is 23.8 Å². The van der Waals surface area contributed by atoms with Gasteiger partial charge in [0.2, 0.25) is 5.88 Å². The van der Waals surface area contributed by atoms with Crippen molar-refractivity contribution in [1.29, 1.82) is 0 Å². The summed E-state index contributed by atoms with van der Waals surface area (Å²) in [5, 5.41) is 3.41. The summed E-state index contributed by atoms with van der Waals surface area (Å²) in [5.74, 6) is 1.56. The molecule has 1 aromatic heterocycles. The fraction of sp³-hybridized carbons (Fsp3) is 0.353. The summed E-state index contributed by atoms with van der Waals surface area (Å²) in [7, 11) is 1.63. The number of ether oxygens (including phenoxy) is 2. The van der Waals surface area contributed by atoms with Gasteiger partial charge in [0.15, 0.2) is 0 Å². The molecule has 1 unspecified atom stereocenters. The highest BCUT2D eigenvalue weighted by Crippen LogP contribution is 2.14. The monoisotopic (exact) mass is 286 g/mol. The molecule has 21 heavy (non-hydrogen) atoms. The highest BCUT2D eigenvalue weighted by molar-refractivity contribution is 5.26. The zero-order valence-electron chi connectivity index (χ0n) is 12.8. The predicted molar refractivity (Wildman–Crippen MR) is 83.8 cm³/mol. The summed E-state index contributed by atoms with van der Waals surface area (Å²) in [6.07, 6.45) is 1.73. The molecule has 4 nitrogen and oxygen atoms in total. The van der Waals surface area contributed by atoms with Crippen LogP contribution >= 0.6 is 0 Å². The van der Waals surface area contributed by atoms with E-state index in [1.54, 1.807) is 13.3 Å². The van der Waals surface area contributed by atoms with E-state index >= 15 is 0 Å². The molecule has 1 heterocycles. The Hall–Kier alpha value is -2.07. The van der Waals surface area contributed by atoms with E-state index in [0.717, 1.165) is 11.3 Å². The smallest absolute Gasteiger partial charge is 0.217 e. The Labute approximate surface area is 126 Å². The molecule has 1 atom stereocenters. The molecule has 0 fully saturated rings. The van der Waals surface area contributed by atoms with Crippen LogP contribution in [0.3, 0.4) is 0 Å². The molecular weight excluding hydrogens is 264 g/mol. The van der Waals surface area contributed by atoms with Crippen molar-refractivity contribution in [3.05, 3.63) is 53.7 Å². The van der Waals surface area contributed by atoms with E-state index in [4.69, 9.17) is 9.47 Å². The molecule has 0 spiro atoms. The van der Waals surface area contributed by atoms with E-state index in [-0.39, 0.29) is 6.04 Å². The van der Waals surface area contributed by atoms with E-state index in [2.05, 4.69) is 24.1 Å². The molecule has 0 amide bonds. The van der Waals surface area contributed by atoms with Crippen LogP contribution in [-0.4, -0.2) is 24.7 Å². The number of nitrogens with one attached hydrogen (secondary N) is 1. The standard InChI is InChI=1S/C17H22N2O2/c1-13-6-8-16(9-7-13)21-12-14(2)19-11-15-5-4-10-18-17(15)20-3/h4-10,14,19H,11-12H2,1-3H3. The summed E-state index contributed by atoms with van der Waals surface area (Å²) in [6.45, 7) is 5.48. The first kappa shape index (κ1) is 15.3. The fourth-order valence-corrected chi connectivity index (χ4v) is 1.94. The van der Waals surface area contributed by atoms with Crippen molar-refractivity contribution in [2.75, 3.05) is 13.7 Å². The fourth-order valence-electron chi connectivity index (χ4n) is 1.94. The van der Waals surface area contributed by atoms with Crippen LogP contribution < -0.4 is 14.8 Å². The number of methoxy groups -OCH3 is 1. The van der Waals surface area contributed by atoms with Crippen LogP contribution in [0.4, 0.5) is 0 Å². The summed E-state index contributed by atoms with van der Waals surface area (Å²) >= 11 is 0. The lowest BCUT2D eigenvalue weighted by atomic mass is 10.2. The molecule has 2 aromatic rings. The average Bonchev–Trinajstić information content (AvgIpc) is 2.52. The molecular formula is C17H22N2O2. The molecule has 0 bridgehead atoms. The molecule has 112 valence electrons. The highest BCUT2D eigenvalue weighted by atomic mass is 16.5. The van der Waals surface area contributed by atoms with Crippen molar-refractivity contribution in [1.82, 2.24) is 10.3 Å². The molecule has 1 N–H and O–H groups in total. The van der Waals surface area contributed by atoms with Crippen molar-refractivity contribution in [3.8, 4) is 11.6 Å². The van der Waals surface area contributed by atoms with E-state index < -0.39 is 0 Å². The van der Waals surface area contributed by atoms with Gasteiger partial charge in [-0.2, -0.15) is 0 Å². The lowest BCUT2D eigenvalue weighted by Gasteiger charge is -2.16. The van der Waals surface area contributed by atoms with E-state index in [1.165, 1.54) is 5.56 Å². The lowest BCUT2D eigenvalue weighted by Crippen LogP contribution is -2.31. The van der Waals surface area contributed by atoms with Crippen molar-refractivity contribution < 1.29 is 9.47 Å². The highest BCUT2D eigenvalue weighted by Gasteiger charge is 2.06. The van der Waals surface area contributed by atoms with E-state index in [9.17, 15) is 0 Å². The molecule has 0 aliphatic carbocycles. The van der Waals surface area contributed by atoms with Gasteiger partial charge in [0, 0.05) is 24.3 Å². The third-order valence-corrected chi connectivity index (χ3v) is 3.21. The number of pyridine rings is 1. The van der Waals surface area contributed by atoms with Crippen LogP contribution in [0.25, 0.3) is 0 Å². The normalized spacial score (nSPS) is 12.0. The van der Waals surface area contributed by atoms with Crippen LogP contribution in [0, 0.1) is 6.92 Å². The van der Waals surface area contributed by atoms with Gasteiger partial charge < -0.3 is 14.8 Å². The first-order chi connectivity index (χ1) is 10.2. The van der Waals surface area contributed by atoms with Crippen molar-refractivity contribution >= 4 is 0 Å². The zero-order chi connectivity index (χ0) is 15.1. The summed E-state index contributed by atoms with van der Waals surface area (Å²) in [5.41, 5.74) is 2.28. The van der Waals surface area contributed by atoms with Gasteiger partial charge in [0.25, 0.3) is 0 Å². The van der Waals surface area contributed by atoms with Crippen LogP contribution in [-0.2, 0) is 6.54 Å². The Morgan fingerprint density at radius 1 is 1.19 bits per heavy atom. The lowest BCUT2D eigenvalue weighted by molar-refractivity contribution is 0.271. The van der Waals surface area contributed by atoms with Gasteiger partial charge in [0.05, 0.1) is 7.11 Å². The van der Waals surface area contributed by atoms with Crippen LogP contribution in [0.1, 0.15) is 18.1 Å². The Morgan fingerprint density at radius 3 is 2.67 bits per heavy atom. The van der Waals surface area contributed by atoms with Gasteiger partial charge in [-0.05, 0) is 32.0 Å². The Kier molecular flexibility index (Phi) is 5.58. The molecule has 1 aromatic carbocycles. The van der Waals surface area contributed by atoms with E-state index in [1.807, 2.05) is 36.4 Å². The largest absolute Gasteiger partial charge is 0.492 e. The minimum absolute atomic E-state index is 0.233. The number of aryl methyl sites for hydroxylation is 1. The second-order valence-corrected chi connectivity index (χ2v) is 5.08. The maximum atomic E-state index is 5.76. The molecule has 0 radical (unpaired) electrons. The minimum atomic E-state index is 0.233. The number of nitrogens with zero attached hydrogens (tertiary/aromatic N) is 1. The molecule has 2 rings (SSSR count). The SMILES string of the molecule is COc1ncccc1CNC(C)COc1ccc(C)cc1. The van der Waals surface area contributed by atoms with Gasteiger partial charge in [-0.3, -0.25) is 0 Å². The number of benzene rings is 1. The third-order valence-electron chi connectivity index (χ3n) is 3.21. The first-order valence-electron chi connectivity index (χ1n) is 7.10. The predicted octanol–water partition coefficient (Wildman–Crippen LogP) is 2.96. The topological polar surface area (TPSA) is 43.4 Å². The van der Waals surface area contributed by atoms with Gasteiger partial charge in [0.1, 0.15) is 12.4 Å². The van der Waals surface area contributed by atoms with Gasteiger partial charge in [-0.15, -0.1) is 0 Å². The zero-order valence-corrected chi connectivity index (χ0v) is 12.8. The summed E-state index contributed by atoms with van der Waals surface area (Å²) < 4.78 is 11.0. The van der Waals surface area contributed by atoms with Crippen LogP contribution in [0.5, 0.6) is 11.6 Å². The summed E-state index contributed by atoms with van der Waals surface area (Å²) in [6, 6.07) is 12.2. The minimum Gasteiger partial charge on any atom is -0.492 e. The van der Waals surface area contributed by atoms with Gasteiger partial charge in [-0.25, -0.2) is 4.98 Å². The maximum Gasteiger partial charge on any atom is 0.217 e. The number of rotatable bonds is 7. The first-order valence-corrected chi connectivity index (χ1v) is 7.10. The second kappa shape index (κ2) is 7.64. The Balaban J connectivity index is 1.79. The third kappa shape index (κ3) is 4.76. The maximum absolute atomic E-state index is 5.76. The number of hydrogen-bond acceptors (Lipinski definition) is 4. The summed E-state index contributed by atoms with van der Waals surface area (Å²) in [4.78, 5) is 4.18. The molecule has 0 aliphatic heterocycles. The van der Waals surface area contributed by atoms with Crippen molar-refractivity contribution in [3.63, 3.8) is 0 Å². The Bertz CT molecular complexity index is 555. The number of hydrogen-bond donors (Lipinski definition) is 1.